The molecular formula is C8H14F3NS. The molecular weight excluding hydrogens is 199 g/mol. The van der Waals surface area contributed by atoms with Crippen LogP contribution < -0.4 is 5.73 Å². The monoisotopic (exact) mass is 213 g/mol. The van der Waals surface area contributed by atoms with Crippen LogP contribution >= 0.6 is 11.8 Å². The summed E-state index contributed by atoms with van der Waals surface area (Å²) in [5.41, 5.74) is 5.65. The summed E-state index contributed by atoms with van der Waals surface area (Å²) in [6.45, 7) is 0. The molecule has 0 aromatic carbocycles. The van der Waals surface area contributed by atoms with E-state index in [2.05, 4.69) is 0 Å². The van der Waals surface area contributed by atoms with Crippen LogP contribution in [-0.2, 0) is 0 Å². The molecule has 1 rings (SSSR count). The lowest BCUT2D eigenvalue weighted by Gasteiger charge is -2.10. The van der Waals surface area contributed by atoms with E-state index in [0.717, 1.165) is 31.0 Å². The van der Waals surface area contributed by atoms with Crippen molar-refractivity contribution in [2.75, 3.05) is 11.5 Å². The summed E-state index contributed by atoms with van der Waals surface area (Å²) in [4.78, 5) is 0. The maximum absolute atomic E-state index is 11.8. The van der Waals surface area contributed by atoms with Gasteiger partial charge in [0, 0.05) is 6.04 Å². The molecule has 0 unspecified atom stereocenters. The first-order chi connectivity index (χ1) is 5.97. The van der Waals surface area contributed by atoms with Gasteiger partial charge in [-0.2, -0.15) is 24.9 Å². The van der Waals surface area contributed by atoms with Crippen LogP contribution in [0.5, 0.6) is 0 Å². The molecule has 0 aromatic heterocycles. The summed E-state index contributed by atoms with van der Waals surface area (Å²) >= 11 is 0.979. The van der Waals surface area contributed by atoms with Gasteiger partial charge < -0.3 is 5.73 Å². The van der Waals surface area contributed by atoms with E-state index >= 15 is 0 Å². The van der Waals surface area contributed by atoms with Crippen molar-refractivity contribution >= 4 is 11.8 Å². The van der Waals surface area contributed by atoms with E-state index in [9.17, 15) is 13.2 Å². The Bertz CT molecular complexity index is 160. The third-order valence-corrected chi connectivity index (χ3v) is 3.44. The highest BCUT2D eigenvalue weighted by Gasteiger charge is 2.28. The number of rotatable bonds is 3. The molecule has 0 radical (unpaired) electrons. The lowest BCUT2D eigenvalue weighted by atomic mass is 10.1. The highest BCUT2D eigenvalue weighted by atomic mass is 32.2. The number of nitrogens with two attached hydrogens (primary N) is 1. The molecule has 0 amide bonds. The van der Waals surface area contributed by atoms with Crippen molar-refractivity contribution in [1.82, 2.24) is 0 Å². The van der Waals surface area contributed by atoms with Crippen molar-refractivity contribution in [3.8, 4) is 0 Å². The molecule has 5 heteroatoms. The third-order valence-electron chi connectivity index (χ3n) is 2.20. The average molecular weight is 213 g/mol. The average Bonchev–Trinajstić information content (AvgIpc) is 2.33. The first-order valence-corrected chi connectivity index (χ1v) is 5.53. The minimum Gasteiger partial charge on any atom is -0.328 e. The van der Waals surface area contributed by atoms with E-state index in [1.807, 2.05) is 0 Å². The smallest absolute Gasteiger partial charge is 0.328 e. The molecule has 78 valence electrons. The number of alkyl halides is 3. The van der Waals surface area contributed by atoms with Crippen LogP contribution in [0.25, 0.3) is 0 Å². The van der Waals surface area contributed by atoms with Gasteiger partial charge in [0.05, 0.1) is 5.75 Å². The molecule has 0 saturated heterocycles. The van der Waals surface area contributed by atoms with E-state index in [1.54, 1.807) is 0 Å². The SMILES string of the molecule is N[C@@H]1CC[C@H](CSCC(F)(F)F)C1. The van der Waals surface area contributed by atoms with Gasteiger partial charge in [-0.05, 0) is 30.9 Å². The zero-order valence-electron chi connectivity index (χ0n) is 7.31. The molecule has 0 aromatic rings. The molecule has 1 saturated carbocycles. The predicted octanol–water partition coefficient (Wildman–Crippen LogP) is 2.41. The van der Waals surface area contributed by atoms with Gasteiger partial charge in [0.25, 0.3) is 0 Å². The topological polar surface area (TPSA) is 26.0 Å². The van der Waals surface area contributed by atoms with Crippen LogP contribution in [0, 0.1) is 5.92 Å². The first kappa shape index (κ1) is 11.2. The molecule has 1 fully saturated rings. The van der Waals surface area contributed by atoms with Crippen molar-refractivity contribution in [2.45, 2.75) is 31.5 Å². The fourth-order valence-electron chi connectivity index (χ4n) is 1.61. The zero-order valence-corrected chi connectivity index (χ0v) is 8.13. The molecule has 1 aliphatic rings. The van der Waals surface area contributed by atoms with E-state index in [0.29, 0.717) is 11.7 Å². The summed E-state index contributed by atoms with van der Waals surface area (Å²) in [7, 11) is 0. The molecule has 2 atom stereocenters. The lowest BCUT2D eigenvalue weighted by Crippen LogP contribution is -2.16. The Morgan fingerprint density at radius 3 is 2.46 bits per heavy atom. The fraction of sp³-hybridized carbons (Fsp3) is 1.00. The normalized spacial score (nSPS) is 29.5. The zero-order chi connectivity index (χ0) is 9.90. The van der Waals surface area contributed by atoms with Crippen LogP contribution in [-0.4, -0.2) is 23.7 Å². The van der Waals surface area contributed by atoms with Gasteiger partial charge in [-0.3, -0.25) is 0 Å². The van der Waals surface area contributed by atoms with Gasteiger partial charge in [-0.15, -0.1) is 0 Å². The highest BCUT2D eigenvalue weighted by Crippen LogP contribution is 2.29. The van der Waals surface area contributed by atoms with Crippen molar-refractivity contribution < 1.29 is 13.2 Å². The first-order valence-electron chi connectivity index (χ1n) is 4.37. The minimum atomic E-state index is -4.02. The molecule has 0 spiro atoms. The standard InChI is InChI=1S/C8H14F3NS/c9-8(10,11)5-13-4-6-1-2-7(12)3-6/h6-7H,1-5,12H2/t6-,7+/m0/s1. The maximum atomic E-state index is 11.8. The van der Waals surface area contributed by atoms with Gasteiger partial charge in [0.2, 0.25) is 0 Å². The molecule has 0 bridgehead atoms. The number of halogens is 3. The molecule has 13 heavy (non-hydrogen) atoms. The largest absolute Gasteiger partial charge is 0.397 e. The Balaban J connectivity index is 2.07. The van der Waals surface area contributed by atoms with E-state index in [-0.39, 0.29) is 6.04 Å². The second-order valence-corrected chi connectivity index (χ2v) is 4.60. The molecule has 0 aliphatic heterocycles. The van der Waals surface area contributed by atoms with Gasteiger partial charge in [-0.25, -0.2) is 0 Å². The molecule has 0 heterocycles. The van der Waals surface area contributed by atoms with Gasteiger partial charge in [0.15, 0.2) is 0 Å². The van der Waals surface area contributed by atoms with E-state index < -0.39 is 11.9 Å². The van der Waals surface area contributed by atoms with Gasteiger partial charge >= 0.3 is 6.18 Å². The summed E-state index contributed by atoms with van der Waals surface area (Å²) in [6.07, 6.45) is -1.17. The molecule has 1 nitrogen and oxygen atoms in total. The fourth-order valence-corrected chi connectivity index (χ4v) is 2.59. The van der Waals surface area contributed by atoms with Gasteiger partial charge in [0.1, 0.15) is 0 Å². The maximum Gasteiger partial charge on any atom is 0.397 e. The summed E-state index contributed by atoms with van der Waals surface area (Å²) in [5.74, 6) is 0.286. The van der Waals surface area contributed by atoms with Crippen LogP contribution in [0.3, 0.4) is 0 Å². The Morgan fingerprint density at radius 1 is 1.31 bits per heavy atom. The Labute approximate surface area is 80.2 Å². The van der Waals surface area contributed by atoms with E-state index in [4.69, 9.17) is 5.73 Å². The molecule has 2 N–H and O–H groups in total. The summed E-state index contributed by atoms with van der Waals surface area (Å²) < 4.78 is 35.3. The summed E-state index contributed by atoms with van der Waals surface area (Å²) in [6, 6.07) is 0.219. The van der Waals surface area contributed by atoms with E-state index in [1.165, 1.54) is 0 Å². The minimum absolute atomic E-state index is 0.219. The summed E-state index contributed by atoms with van der Waals surface area (Å²) in [5, 5.41) is 0. The predicted molar refractivity (Wildman–Crippen MR) is 48.7 cm³/mol. The van der Waals surface area contributed by atoms with Crippen molar-refractivity contribution in [3.63, 3.8) is 0 Å². The second kappa shape index (κ2) is 4.55. The van der Waals surface area contributed by atoms with Crippen molar-refractivity contribution in [1.29, 1.82) is 0 Å². The second-order valence-electron chi connectivity index (χ2n) is 3.57. The third kappa shape index (κ3) is 4.76. The quantitative estimate of drug-likeness (QED) is 0.779. The van der Waals surface area contributed by atoms with Crippen molar-refractivity contribution in [2.24, 2.45) is 11.7 Å². The Morgan fingerprint density at radius 2 is 2.00 bits per heavy atom. The lowest BCUT2D eigenvalue weighted by molar-refractivity contribution is -0.105. The Hall–Kier alpha value is 0.100. The highest BCUT2D eigenvalue weighted by molar-refractivity contribution is 7.99. The van der Waals surface area contributed by atoms with Crippen LogP contribution in [0.1, 0.15) is 19.3 Å². The van der Waals surface area contributed by atoms with Crippen LogP contribution in [0.15, 0.2) is 0 Å². The Kier molecular flexibility index (Phi) is 3.91. The van der Waals surface area contributed by atoms with Crippen LogP contribution in [0.4, 0.5) is 13.2 Å². The number of thioether (sulfide) groups is 1. The number of hydrogen-bond acceptors (Lipinski definition) is 2. The van der Waals surface area contributed by atoms with Crippen molar-refractivity contribution in [3.05, 3.63) is 0 Å². The van der Waals surface area contributed by atoms with Gasteiger partial charge in [-0.1, -0.05) is 0 Å². The number of hydrogen-bond donors (Lipinski definition) is 1. The molecule has 1 aliphatic carbocycles. The van der Waals surface area contributed by atoms with Crippen LogP contribution in [0.2, 0.25) is 0 Å².